The fraction of sp³-hybridized carbons (Fsp3) is 0.235. The average Bonchev–Trinajstić information content (AvgIpc) is 3.18. The molecule has 1 saturated carbocycles. The lowest BCUT2D eigenvalue weighted by Gasteiger charge is -2.05. The number of aromatic nitrogens is 3. The second-order valence-corrected chi connectivity index (χ2v) is 5.75. The van der Waals surface area contributed by atoms with Crippen LogP contribution in [0.3, 0.4) is 0 Å². The number of benzene rings is 1. The molecule has 3 aromatic rings. The molecule has 1 aliphatic rings. The van der Waals surface area contributed by atoms with Gasteiger partial charge in [-0.3, -0.25) is 4.79 Å². The lowest BCUT2D eigenvalue weighted by Crippen LogP contribution is -2.13. The molecule has 6 nitrogen and oxygen atoms in total. The summed E-state index contributed by atoms with van der Waals surface area (Å²) in [7, 11) is 0. The molecule has 1 N–H and O–H groups in total. The summed E-state index contributed by atoms with van der Waals surface area (Å²) in [5, 5.41) is 11.0. The Labute approximate surface area is 133 Å². The van der Waals surface area contributed by atoms with Crippen molar-refractivity contribution in [2.75, 3.05) is 5.32 Å². The number of rotatable bonds is 4. The molecule has 116 valence electrons. The maximum Gasteiger partial charge on any atom is 0.277 e. The highest BCUT2D eigenvalue weighted by Gasteiger charge is 2.29. The van der Waals surface area contributed by atoms with Gasteiger partial charge in [0, 0.05) is 17.7 Å². The first kappa shape index (κ1) is 13.8. The summed E-state index contributed by atoms with van der Waals surface area (Å²) in [4.78, 5) is 12.4. The van der Waals surface area contributed by atoms with Crippen molar-refractivity contribution < 1.29 is 9.32 Å². The lowest BCUT2D eigenvalue weighted by molar-refractivity contribution is 0.102. The van der Waals surface area contributed by atoms with Crippen molar-refractivity contribution in [3.63, 3.8) is 0 Å². The van der Waals surface area contributed by atoms with E-state index in [0.29, 0.717) is 23.2 Å². The van der Waals surface area contributed by atoms with E-state index in [4.69, 9.17) is 4.52 Å². The van der Waals surface area contributed by atoms with Gasteiger partial charge in [-0.1, -0.05) is 23.4 Å². The standard InChI is InChI=1S/C17H16N4O2/c1-11-9-16(20-23-11)18-17(22)14-10-15(12-7-8-12)21(19-14)13-5-3-2-4-6-13/h2-6,9-10,12H,7-8H2,1H3,(H,18,20,22). The van der Waals surface area contributed by atoms with Gasteiger partial charge in [-0.25, -0.2) is 4.68 Å². The summed E-state index contributed by atoms with van der Waals surface area (Å²) >= 11 is 0. The molecule has 2 aromatic heterocycles. The number of hydrogen-bond donors (Lipinski definition) is 1. The number of carbonyl (C=O) groups excluding carboxylic acids is 1. The van der Waals surface area contributed by atoms with Crippen LogP contribution in [0.1, 0.15) is 40.7 Å². The monoisotopic (exact) mass is 308 g/mol. The van der Waals surface area contributed by atoms with E-state index in [9.17, 15) is 4.79 Å². The molecule has 0 bridgehead atoms. The number of nitrogens with zero attached hydrogens (tertiary/aromatic N) is 3. The Kier molecular flexibility index (Phi) is 3.22. The van der Waals surface area contributed by atoms with E-state index in [0.717, 1.165) is 24.2 Å². The molecule has 6 heteroatoms. The van der Waals surface area contributed by atoms with Gasteiger partial charge in [-0.15, -0.1) is 0 Å². The number of para-hydroxylation sites is 1. The summed E-state index contributed by atoms with van der Waals surface area (Å²) in [6.07, 6.45) is 2.28. The fourth-order valence-electron chi connectivity index (χ4n) is 2.56. The molecule has 1 aliphatic carbocycles. The van der Waals surface area contributed by atoms with Crippen molar-refractivity contribution in [1.82, 2.24) is 14.9 Å². The molecule has 0 radical (unpaired) electrons. The van der Waals surface area contributed by atoms with E-state index < -0.39 is 0 Å². The van der Waals surface area contributed by atoms with Crippen molar-refractivity contribution in [3.8, 4) is 5.69 Å². The van der Waals surface area contributed by atoms with Gasteiger partial charge in [-0.2, -0.15) is 5.10 Å². The van der Waals surface area contributed by atoms with Crippen LogP contribution in [0.4, 0.5) is 5.82 Å². The molecule has 1 fully saturated rings. The Balaban J connectivity index is 1.65. The minimum Gasteiger partial charge on any atom is -0.360 e. The number of aryl methyl sites for hydroxylation is 1. The molecular weight excluding hydrogens is 292 g/mol. The van der Waals surface area contributed by atoms with Crippen LogP contribution in [-0.4, -0.2) is 20.8 Å². The first-order valence-corrected chi connectivity index (χ1v) is 7.61. The third-order valence-corrected chi connectivity index (χ3v) is 3.84. The number of anilines is 1. The summed E-state index contributed by atoms with van der Waals surface area (Å²) in [6.45, 7) is 1.78. The van der Waals surface area contributed by atoms with E-state index in [1.54, 1.807) is 13.0 Å². The molecule has 0 atom stereocenters. The zero-order valence-corrected chi connectivity index (χ0v) is 12.7. The number of nitrogens with one attached hydrogen (secondary N) is 1. The van der Waals surface area contributed by atoms with E-state index in [1.807, 2.05) is 41.1 Å². The minimum atomic E-state index is -0.283. The van der Waals surface area contributed by atoms with Crippen molar-refractivity contribution in [2.24, 2.45) is 0 Å². The highest BCUT2D eigenvalue weighted by molar-refractivity contribution is 6.02. The van der Waals surface area contributed by atoms with Gasteiger partial charge in [0.2, 0.25) is 0 Å². The zero-order chi connectivity index (χ0) is 15.8. The molecule has 1 aromatic carbocycles. The summed E-state index contributed by atoms with van der Waals surface area (Å²) < 4.78 is 6.82. The van der Waals surface area contributed by atoms with E-state index >= 15 is 0 Å². The Bertz CT molecular complexity index is 847. The van der Waals surface area contributed by atoms with Gasteiger partial charge in [0.1, 0.15) is 5.76 Å². The van der Waals surface area contributed by atoms with E-state index in [-0.39, 0.29) is 5.91 Å². The van der Waals surface area contributed by atoms with Crippen LogP contribution in [0, 0.1) is 6.92 Å². The molecule has 23 heavy (non-hydrogen) atoms. The molecule has 0 saturated heterocycles. The van der Waals surface area contributed by atoms with Crippen LogP contribution >= 0.6 is 0 Å². The molecule has 4 rings (SSSR count). The van der Waals surface area contributed by atoms with Crippen molar-refractivity contribution in [2.45, 2.75) is 25.7 Å². The first-order valence-electron chi connectivity index (χ1n) is 7.61. The van der Waals surface area contributed by atoms with Gasteiger partial charge in [0.05, 0.1) is 5.69 Å². The summed E-state index contributed by atoms with van der Waals surface area (Å²) in [6, 6.07) is 13.4. The predicted molar refractivity (Wildman–Crippen MR) is 84.7 cm³/mol. The van der Waals surface area contributed by atoms with Crippen LogP contribution in [0.25, 0.3) is 5.69 Å². The summed E-state index contributed by atoms with van der Waals surface area (Å²) in [5.41, 5.74) is 2.43. The van der Waals surface area contributed by atoms with E-state index in [1.165, 1.54) is 0 Å². The quantitative estimate of drug-likeness (QED) is 0.802. The molecule has 1 amide bonds. The van der Waals surface area contributed by atoms with E-state index in [2.05, 4.69) is 15.6 Å². The Morgan fingerprint density at radius 1 is 1.26 bits per heavy atom. The first-order chi connectivity index (χ1) is 11.2. The van der Waals surface area contributed by atoms with Crippen LogP contribution in [-0.2, 0) is 0 Å². The van der Waals surface area contributed by atoms with Crippen LogP contribution in [0.5, 0.6) is 0 Å². The SMILES string of the molecule is Cc1cc(NC(=O)c2cc(C3CC3)n(-c3ccccc3)n2)no1. The fourth-order valence-corrected chi connectivity index (χ4v) is 2.56. The lowest BCUT2D eigenvalue weighted by atomic mass is 10.2. The van der Waals surface area contributed by atoms with Crippen molar-refractivity contribution >= 4 is 11.7 Å². The van der Waals surface area contributed by atoms with Crippen LogP contribution < -0.4 is 5.32 Å². The highest BCUT2D eigenvalue weighted by Crippen LogP contribution is 2.41. The maximum absolute atomic E-state index is 12.4. The average molecular weight is 308 g/mol. The predicted octanol–water partition coefficient (Wildman–Crippen LogP) is 3.30. The third-order valence-electron chi connectivity index (χ3n) is 3.84. The van der Waals surface area contributed by atoms with Crippen molar-refractivity contribution in [1.29, 1.82) is 0 Å². The van der Waals surface area contributed by atoms with Gasteiger partial charge < -0.3 is 9.84 Å². The molecule has 0 spiro atoms. The maximum atomic E-state index is 12.4. The van der Waals surface area contributed by atoms with Crippen molar-refractivity contribution in [3.05, 3.63) is 59.6 Å². The second-order valence-electron chi connectivity index (χ2n) is 5.75. The number of hydrogen-bond acceptors (Lipinski definition) is 4. The second kappa shape index (κ2) is 5.39. The van der Waals surface area contributed by atoms with Gasteiger partial charge >= 0.3 is 0 Å². The molecule has 0 aliphatic heterocycles. The van der Waals surface area contributed by atoms with Gasteiger partial charge in [-0.05, 0) is 38.0 Å². The number of amides is 1. The minimum absolute atomic E-state index is 0.283. The Morgan fingerprint density at radius 3 is 2.70 bits per heavy atom. The van der Waals surface area contributed by atoms with Crippen LogP contribution in [0.2, 0.25) is 0 Å². The van der Waals surface area contributed by atoms with Gasteiger partial charge in [0.25, 0.3) is 5.91 Å². The van der Waals surface area contributed by atoms with Gasteiger partial charge in [0.15, 0.2) is 11.5 Å². The van der Waals surface area contributed by atoms with Crippen LogP contribution in [0.15, 0.2) is 47.0 Å². The zero-order valence-electron chi connectivity index (χ0n) is 12.7. The number of carbonyl (C=O) groups is 1. The normalized spacial score (nSPS) is 14.0. The molecule has 0 unspecified atom stereocenters. The Morgan fingerprint density at radius 2 is 2.04 bits per heavy atom. The molecular formula is C17H16N4O2. The third kappa shape index (κ3) is 2.75. The highest BCUT2D eigenvalue weighted by atomic mass is 16.5. The summed E-state index contributed by atoms with van der Waals surface area (Å²) in [5.74, 6) is 1.25. The topological polar surface area (TPSA) is 73.0 Å². The molecule has 2 heterocycles. The smallest absolute Gasteiger partial charge is 0.277 e. The largest absolute Gasteiger partial charge is 0.360 e. The Hall–Kier alpha value is -2.89.